The summed E-state index contributed by atoms with van der Waals surface area (Å²) >= 11 is 7.82. The zero-order valence-corrected chi connectivity index (χ0v) is 15.6. The lowest BCUT2D eigenvalue weighted by Gasteiger charge is -2.11. The van der Waals surface area contributed by atoms with E-state index in [0.29, 0.717) is 17.4 Å². The van der Waals surface area contributed by atoms with Gasteiger partial charge in [0.05, 0.1) is 22.5 Å². The predicted octanol–water partition coefficient (Wildman–Crippen LogP) is 5.63. The molecular formula is C20H16ClN3OS. The van der Waals surface area contributed by atoms with Crippen molar-refractivity contribution in [3.8, 4) is 16.5 Å². The van der Waals surface area contributed by atoms with Crippen molar-refractivity contribution in [2.24, 2.45) is 0 Å². The Bertz CT molecular complexity index is 1050. The number of benzene rings is 2. The van der Waals surface area contributed by atoms with Gasteiger partial charge in [0.25, 0.3) is 0 Å². The molecule has 26 heavy (non-hydrogen) atoms. The Kier molecular flexibility index (Phi) is 4.73. The van der Waals surface area contributed by atoms with Gasteiger partial charge in [-0.1, -0.05) is 35.9 Å². The number of rotatable bonds is 5. The molecule has 2 aromatic heterocycles. The van der Waals surface area contributed by atoms with Gasteiger partial charge in [0, 0.05) is 11.9 Å². The van der Waals surface area contributed by atoms with Crippen LogP contribution in [0.5, 0.6) is 5.75 Å². The van der Waals surface area contributed by atoms with Crippen LogP contribution >= 0.6 is 22.9 Å². The van der Waals surface area contributed by atoms with E-state index in [-0.39, 0.29) is 0 Å². The molecular weight excluding hydrogens is 366 g/mol. The highest BCUT2D eigenvalue weighted by atomic mass is 35.5. The van der Waals surface area contributed by atoms with E-state index in [1.165, 1.54) is 11.3 Å². The molecule has 130 valence electrons. The number of nitrogens with zero attached hydrogens (tertiary/aromatic N) is 2. The van der Waals surface area contributed by atoms with E-state index in [2.05, 4.69) is 10.3 Å². The highest BCUT2D eigenvalue weighted by Crippen LogP contribution is 2.33. The fraction of sp³-hybridized carbons (Fsp3) is 0.100. The van der Waals surface area contributed by atoms with Crippen LogP contribution in [0.15, 0.2) is 60.0 Å². The van der Waals surface area contributed by atoms with Gasteiger partial charge in [-0.2, -0.15) is 0 Å². The zero-order chi connectivity index (χ0) is 17.9. The molecule has 1 N–H and O–H groups in total. The summed E-state index contributed by atoms with van der Waals surface area (Å²) in [6.45, 7) is 0.655. The maximum atomic E-state index is 6.28. The summed E-state index contributed by atoms with van der Waals surface area (Å²) in [5.74, 6) is 2.28. The summed E-state index contributed by atoms with van der Waals surface area (Å²) in [7, 11) is 1.66. The van der Waals surface area contributed by atoms with E-state index in [1.807, 2.05) is 60.0 Å². The van der Waals surface area contributed by atoms with Gasteiger partial charge in [0.15, 0.2) is 5.82 Å². The minimum Gasteiger partial charge on any atom is -0.497 e. The second-order valence-corrected chi connectivity index (χ2v) is 7.04. The average molecular weight is 382 g/mol. The van der Waals surface area contributed by atoms with E-state index in [0.717, 1.165) is 32.9 Å². The molecule has 0 atom stereocenters. The fourth-order valence-corrected chi connectivity index (χ4v) is 3.77. The van der Waals surface area contributed by atoms with Gasteiger partial charge in [0.2, 0.25) is 0 Å². The first-order valence-electron chi connectivity index (χ1n) is 8.11. The van der Waals surface area contributed by atoms with Gasteiger partial charge in [-0.15, -0.1) is 11.3 Å². The molecule has 0 radical (unpaired) electrons. The third-order valence-electron chi connectivity index (χ3n) is 4.04. The Balaban J connectivity index is 1.69. The number of methoxy groups -OCH3 is 1. The molecule has 0 unspecified atom stereocenters. The Hall–Kier alpha value is -2.63. The molecule has 0 bridgehead atoms. The highest BCUT2D eigenvalue weighted by Gasteiger charge is 2.13. The van der Waals surface area contributed by atoms with Crippen LogP contribution in [-0.4, -0.2) is 17.1 Å². The van der Waals surface area contributed by atoms with Gasteiger partial charge >= 0.3 is 0 Å². The Morgan fingerprint density at radius 1 is 1.04 bits per heavy atom. The van der Waals surface area contributed by atoms with Gasteiger partial charge in [-0.3, -0.25) is 0 Å². The number of fused-ring (bicyclic) bond motifs is 1. The Morgan fingerprint density at radius 3 is 2.58 bits per heavy atom. The lowest BCUT2D eigenvalue weighted by Crippen LogP contribution is -2.04. The van der Waals surface area contributed by atoms with Gasteiger partial charge in [-0.05, 0) is 41.3 Å². The predicted molar refractivity (Wildman–Crippen MR) is 108 cm³/mol. The second kappa shape index (κ2) is 7.32. The number of ether oxygens (including phenoxy) is 1. The van der Waals surface area contributed by atoms with Crippen molar-refractivity contribution in [3.05, 3.63) is 70.6 Å². The molecule has 0 amide bonds. The number of nitrogens with one attached hydrogen (secondary N) is 1. The van der Waals surface area contributed by atoms with Crippen molar-refractivity contribution in [2.75, 3.05) is 12.4 Å². The van der Waals surface area contributed by atoms with Crippen LogP contribution in [-0.2, 0) is 6.54 Å². The third-order valence-corrected chi connectivity index (χ3v) is 5.38. The topological polar surface area (TPSA) is 47.0 Å². The molecule has 0 spiro atoms. The lowest BCUT2D eigenvalue weighted by molar-refractivity contribution is 0.414. The molecule has 0 aliphatic heterocycles. The zero-order valence-electron chi connectivity index (χ0n) is 14.1. The summed E-state index contributed by atoms with van der Waals surface area (Å²) in [5.41, 5.74) is 2.03. The first kappa shape index (κ1) is 16.8. The van der Waals surface area contributed by atoms with E-state index < -0.39 is 0 Å². The maximum Gasteiger partial charge on any atom is 0.173 e. The fourth-order valence-electron chi connectivity index (χ4n) is 2.70. The molecule has 0 fully saturated rings. The molecule has 2 aromatic carbocycles. The van der Waals surface area contributed by atoms with Crippen molar-refractivity contribution in [2.45, 2.75) is 6.54 Å². The largest absolute Gasteiger partial charge is 0.497 e. The Labute approximate surface area is 160 Å². The number of hydrogen-bond donors (Lipinski definition) is 1. The SMILES string of the molecule is COc1ccc(CNc2nc(-c3sccc3Cl)nc3ccccc23)cc1. The first-order chi connectivity index (χ1) is 12.7. The van der Waals surface area contributed by atoms with Crippen molar-refractivity contribution in [3.63, 3.8) is 0 Å². The van der Waals surface area contributed by atoms with Crippen LogP contribution in [0.25, 0.3) is 21.6 Å². The van der Waals surface area contributed by atoms with E-state index in [1.54, 1.807) is 7.11 Å². The highest BCUT2D eigenvalue weighted by molar-refractivity contribution is 7.14. The molecule has 0 aliphatic rings. The maximum absolute atomic E-state index is 6.28. The van der Waals surface area contributed by atoms with Crippen LogP contribution in [0.2, 0.25) is 5.02 Å². The second-order valence-electron chi connectivity index (χ2n) is 5.71. The smallest absolute Gasteiger partial charge is 0.173 e. The molecule has 4 nitrogen and oxygen atoms in total. The summed E-state index contributed by atoms with van der Waals surface area (Å²) in [4.78, 5) is 10.3. The monoisotopic (exact) mass is 381 g/mol. The average Bonchev–Trinajstić information content (AvgIpc) is 3.12. The van der Waals surface area contributed by atoms with E-state index >= 15 is 0 Å². The van der Waals surface area contributed by atoms with E-state index in [4.69, 9.17) is 21.3 Å². The summed E-state index contributed by atoms with van der Waals surface area (Å²) < 4.78 is 5.21. The van der Waals surface area contributed by atoms with Crippen molar-refractivity contribution in [1.29, 1.82) is 0 Å². The van der Waals surface area contributed by atoms with Crippen LogP contribution in [0.1, 0.15) is 5.56 Å². The molecule has 2 heterocycles. The number of thiophene rings is 1. The Morgan fingerprint density at radius 2 is 1.85 bits per heavy atom. The van der Waals surface area contributed by atoms with Crippen LogP contribution < -0.4 is 10.1 Å². The quantitative estimate of drug-likeness (QED) is 0.486. The van der Waals surface area contributed by atoms with Gasteiger partial charge < -0.3 is 10.1 Å². The first-order valence-corrected chi connectivity index (χ1v) is 9.37. The lowest BCUT2D eigenvalue weighted by atomic mass is 10.2. The minimum absolute atomic E-state index is 0.640. The number of aromatic nitrogens is 2. The standard InChI is InChI=1S/C20H16ClN3OS/c1-25-14-8-6-13(7-9-14)12-22-19-15-4-2-3-5-17(15)23-20(24-19)18-16(21)10-11-26-18/h2-11H,12H2,1H3,(H,22,23,24). The van der Waals surface area contributed by atoms with Crippen LogP contribution in [0.3, 0.4) is 0 Å². The van der Waals surface area contributed by atoms with Crippen LogP contribution in [0.4, 0.5) is 5.82 Å². The summed E-state index contributed by atoms with van der Waals surface area (Å²) in [5, 5.41) is 7.03. The summed E-state index contributed by atoms with van der Waals surface area (Å²) in [6, 6.07) is 17.8. The molecule has 0 saturated heterocycles. The molecule has 4 aromatic rings. The minimum atomic E-state index is 0.640. The number of hydrogen-bond acceptors (Lipinski definition) is 5. The molecule has 4 rings (SSSR count). The van der Waals surface area contributed by atoms with Crippen molar-refractivity contribution >= 4 is 39.7 Å². The normalized spacial score (nSPS) is 10.8. The van der Waals surface area contributed by atoms with Gasteiger partial charge in [-0.25, -0.2) is 9.97 Å². The van der Waals surface area contributed by atoms with Crippen molar-refractivity contribution in [1.82, 2.24) is 9.97 Å². The molecule has 0 saturated carbocycles. The van der Waals surface area contributed by atoms with Crippen LogP contribution in [0, 0.1) is 0 Å². The van der Waals surface area contributed by atoms with Crippen molar-refractivity contribution < 1.29 is 4.74 Å². The summed E-state index contributed by atoms with van der Waals surface area (Å²) in [6.07, 6.45) is 0. The van der Waals surface area contributed by atoms with Gasteiger partial charge in [0.1, 0.15) is 11.6 Å². The number of anilines is 1. The third kappa shape index (κ3) is 3.36. The van der Waals surface area contributed by atoms with E-state index in [9.17, 15) is 0 Å². The number of para-hydroxylation sites is 1. The molecule has 6 heteroatoms. The molecule has 0 aliphatic carbocycles. The number of halogens is 1.